The smallest absolute Gasteiger partial charge is 0.405 e. The summed E-state index contributed by atoms with van der Waals surface area (Å²) in [6.07, 6.45) is 8.30. The average Bonchev–Trinajstić information content (AvgIpc) is 3.15. The summed E-state index contributed by atoms with van der Waals surface area (Å²) in [5, 5.41) is 0. The zero-order valence-corrected chi connectivity index (χ0v) is 21.5. The Balaban J connectivity index is 1.46. The van der Waals surface area contributed by atoms with Gasteiger partial charge in [-0.25, -0.2) is 0 Å². The molecule has 3 aliphatic carbocycles. The van der Waals surface area contributed by atoms with Crippen molar-refractivity contribution in [2.24, 2.45) is 23.2 Å². The van der Waals surface area contributed by atoms with Crippen LogP contribution in [-0.2, 0) is 20.5 Å². The third-order valence-electron chi connectivity index (χ3n) is 9.56. The molecule has 3 unspecified atom stereocenters. The molecule has 3 N–H and O–H groups in total. The van der Waals surface area contributed by atoms with E-state index >= 15 is 0 Å². The fraction of sp³-hybridized carbons (Fsp3) is 0.750. The van der Waals surface area contributed by atoms with Crippen molar-refractivity contribution in [1.29, 1.82) is 0 Å². The van der Waals surface area contributed by atoms with Crippen molar-refractivity contribution >= 4 is 12.9 Å². The standard InChI is InChI=1S/C28H44BNO3/c1-6-7-9-14-23(30)24(31)16-21(15-20-12-10-8-11-13-20)19(2)29-32-26-18-22-17-25(27(22,3)4)28(26,5)33-29/h8,10-13,19,21-23,25-26H,6-7,9,14-18,30H2,1-5H3/p+1/t19-,21+,22?,23+,25?,26?,28-/m1/s1. The molecule has 3 saturated carbocycles. The van der Waals surface area contributed by atoms with Gasteiger partial charge in [0.1, 0.15) is 6.04 Å². The Morgan fingerprint density at radius 2 is 1.91 bits per heavy atom. The first-order valence-electron chi connectivity index (χ1n) is 13.4. The van der Waals surface area contributed by atoms with Gasteiger partial charge in [0.2, 0.25) is 0 Å². The number of Topliss-reactive ketones (excluding diaryl/α,β-unsaturated/α-hetero) is 1. The van der Waals surface area contributed by atoms with Crippen LogP contribution < -0.4 is 5.73 Å². The average molecular weight is 454 g/mol. The highest BCUT2D eigenvalue weighted by Crippen LogP contribution is 2.66. The van der Waals surface area contributed by atoms with Crippen LogP contribution in [0, 0.1) is 23.2 Å². The van der Waals surface area contributed by atoms with E-state index in [0.717, 1.165) is 31.6 Å². The minimum Gasteiger partial charge on any atom is -0.405 e. The van der Waals surface area contributed by atoms with E-state index < -0.39 is 0 Å². The van der Waals surface area contributed by atoms with E-state index in [1.165, 1.54) is 24.8 Å². The number of carbonyl (C=O) groups excluding carboxylic acids is 1. The Morgan fingerprint density at radius 3 is 2.58 bits per heavy atom. The predicted molar refractivity (Wildman–Crippen MR) is 134 cm³/mol. The molecule has 5 heteroatoms. The van der Waals surface area contributed by atoms with Gasteiger partial charge in [-0.1, -0.05) is 70.9 Å². The number of hydrogen-bond acceptors (Lipinski definition) is 3. The summed E-state index contributed by atoms with van der Waals surface area (Å²) < 4.78 is 13.4. The van der Waals surface area contributed by atoms with Crippen LogP contribution >= 0.6 is 0 Å². The summed E-state index contributed by atoms with van der Waals surface area (Å²) in [5.74, 6) is 1.94. The first-order valence-corrected chi connectivity index (χ1v) is 13.4. The molecule has 1 heterocycles. The SMILES string of the molecule is CCCCC[C@H]([NH3+])C(=O)C[C@H](Cc1ccccc1)[C@@H](C)B1OC2CC3CC(C3(C)C)[C@@]2(C)O1. The van der Waals surface area contributed by atoms with Crippen molar-refractivity contribution < 1.29 is 19.8 Å². The zero-order valence-electron chi connectivity index (χ0n) is 21.5. The van der Waals surface area contributed by atoms with Crippen LogP contribution in [0.5, 0.6) is 0 Å². The summed E-state index contributed by atoms with van der Waals surface area (Å²) in [6.45, 7) is 11.5. The Morgan fingerprint density at radius 1 is 1.18 bits per heavy atom. The molecule has 5 rings (SSSR count). The van der Waals surface area contributed by atoms with E-state index in [1.54, 1.807) is 0 Å². The predicted octanol–water partition coefficient (Wildman–Crippen LogP) is 5.11. The van der Waals surface area contributed by atoms with E-state index in [4.69, 9.17) is 9.31 Å². The molecule has 0 amide bonds. The van der Waals surface area contributed by atoms with Crippen LogP contribution in [0.4, 0.5) is 0 Å². The number of benzene rings is 1. The normalized spacial score (nSPS) is 32.5. The first-order chi connectivity index (χ1) is 15.7. The Kier molecular flexibility index (Phi) is 7.43. The highest BCUT2D eigenvalue weighted by molar-refractivity contribution is 6.47. The molecule has 1 saturated heterocycles. The van der Waals surface area contributed by atoms with Crippen molar-refractivity contribution in [2.75, 3.05) is 0 Å². The monoisotopic (exact) mass is 454 g/mol. The number of unbranched alkanes of at least 4 members (excludes halogenated alkanes) is 2. The molecular formula is C28H45BNO3+. The summed E-state index contributed by atoms with van der Waals surface area (Å²) in [7, 11) is -0.236. The van der Waals surface area contributed by atoms with Crippen LogP contribution in [0.15, 0.2) is 30.3 Å². The highest BCUT2D eigenvalue weighted by Gasteiger charge is 2.68. The van der Waals surface area contributed by atoms with Crippen molar-refractivity contribution in [3.8, 4) is 0 Å². The molecule has 1 aromatic carbocycles. The van der Waals surface area contributed by atoms with E-state index in [1.807, 2.05) is 0 Å². The van der Waals surface area contributed by atoms with E-state index in [-0.39, 0.29) is 36.6 Å². The fourth-order valence-electron chi connectivity index (χ4n) is 6.94. The number of quaternary nitrogens is 1. The van der Waals surface area contributed by atoms with Crippen molar-refractivity contribution in [3.63, 3.8) is 0 Å². The molecule has 4 aliphatic rings. The Labute approximate surface area is 201 Å². The summed E-state index contributed by atoms with van der Waals surface area (Å²) in [5.41, 5.74) is 5.63. The first kappa shape index (κ1) is 24.9. The van der Waals surface area contributed by atoms with Gasteiger partial charge >= 0.3 is 7.12 Å². The third kappa shape index (κ3) is 4.83. The molecule has 2 bridgehead atoms. The van der Waals surface area contributed by atoms with Crippen LogP contribution in [0.2, 0.25) is 5.82 Å². The summed E-state index contributed by atoms with van der Waals surface area (Å²) in [6, 6.07) is 10.4. The van der Waals surface area contributed by atoms with Crippen LogP contribution in [0.3, 0.4) is 0 Å². The maximum atomic E-state index is 13.2. The van der Waals surface area contributed by atoms with Crippen molar-refractivity contribution in [2.45, 2.75) is 110 Å². The molecule has 0 radical (unpaired) electrons. The number of carbonyl (C=O) groups is 1. The van der Waals surface area contributed by atoms with Crippen molar-refractivity contribution in [1.82, 2.24) is 0 Å². The van der Waals surface area contributed by atoms with Gasteiger partial charge in [-0.05, 0) is 67.2 Å². The fourth-order valence-corrected chi connectivity index (χ4v) is 6.94. The number of hydrogen-bond donors (Lipinski definition) is 1. The van der Waals surface area contributed by atoms with Gasteiger partial charge in [-0.3, -0.25) is 4.79 Å². The quantitative estimate of drug-likeness (QED) is 0.373. The van der Waals surface area contributed by atoms with Gasteiger partial charge in [0.25, 0.3) is 0 Å². The van der Waals surface area contributed by atoms with Crippen molar-refractivity contribution in [3.05, 3.63) is 35.9 Å². The van der Waals surface area contributed by atoms with E-state index in [0.29, 0.717) is 23.5 Å². The second-order valence-electron chi connectivity index (χ2n) is 12.0. The van der Waals surface area contributed by atoms with Crippen LogP contribution in [-0.4, -0.2) is 30.6 Å². The minimum absolute atomic E-state index is 0.111. The van der Waals surface area contributed by atoms with Gasteiger partial charge in [-0.15, -0.1) is 0 Å². The molecule has 4 fully saturated rings. The van der Waals surface area contributed by atoms with Gasteiger partial charge in [0, 0.05) is 12.8 Å². The Hall–Kier alpha value is -1.17. The van der Waals surface area contributed by atoms with Crippen LogP contribution in [0.1, 0.15) is 85.1 Å². The van der Waals surface area contributed by atoms with E-state index in [9.17, 15) is 4.79 Å². The van der Waals surface area contributed by atoms with Crippen LogP contribution in [0.25, 0.3) is 0 Å². The lowest BCUT2D eigenvalue weighted by Gasteiger charge is -2.64. The van der Waals surface area contributed by atoms with Gasteiger partial charge in [-0.2, -0.15) is 0 Å². The lowest BCUT2D eigenvalue weighted by Crippen LogP contribution is -2.65. The lowest BCUT2D eigenvalue weighted by molar-refractivity contribution is -0.404. The summed E-state index contributed by atoms with van der Waals surface area (Å²) in [4.78, 5) is 13.2. The van der Waals surface area contributed by atoms with Gasteiger partial charge < -0.3 is 15.0 Å². The number of ketones is 1. The molecule has 33 heavy (non-hydrogen) atoms. The second-order valence-corrected chi connectivity index (χ2v) is 12.0. The molecule has 182 valence electrons. The maximum Gasteiger partial charge on any atom is 0.461 e. The van der Waals surface area contributed by atoms with Gasteiger partial charge in [0.05, 0.1) is 11.7 Å². The van der Waals surface area contributed by atoms with Gasteiger partial charge in [0.15, 0.2) is 5.78 Å². The zero-order chi connectivity index (χ0) is 23.8. The molecule has 0 spiro atoms. The summed E-state index contributed by atoms with van der Waals surface area (Å²) >= 11 is 0. The minimum atomic E-state index is -0.236. The maximum absolute atomic E-state index is 13.2. The highest BCUT2D eigenvalue weighted by atomic mass is 16.7. The molecule has 1 aromatic rings. The topological polar surface area (TPSA) is 63.2 Å². The lowest BCUT2D eigenvalue weighted by atomic mass is 9.43. The van der Waals surface area contributed by atoms with E-state index in [2.05, 4.69) is 70.7 Å². The molecular weight excluding hydrogens is 409 g/mol. The largest absolute Gasteiger partial charge is 0.461 e. The second kappa shape index (κ2) is 9.83. The Bertz CT molecular complexity index is 815. The molecule has 0 aromatic heterocycles. The number of rotatable bonds is 11. The molecule has 4 nitrogen and oxygen atoms in total. The third-order valence-corrected chi connectivity index (χ3v) is 9.56. The molecule has 7 atom stereocenters. The molecule has 1 aliphatic heterocycles.